The van der Waals surface area contributed by atoms with Crippen molar-refractivity contribution >= 4 is 22.9 Å². The maximum Gasteiger partial charge on any atom is 0.228 e. The van der Waals surface area contributed by atoms with E-state index in [1.807, 2.05) is 42.2 Å². The number of aromatic nitrogens is 1. The summed E-state index contributed by atoms with van der Waals surface area (Å²) in [6.07, 6.45) is 0.554. The molecule has 1 amide bonds. The first-order valence-corrected chi connectivity index (χ1v) is 7.60. The lowest BCUT2D eigenvalue weighted by Crippen LogP contribution is -2.32. The van der Waals surface area contributed by atoms with Crippen LogP contribution in [0.4, 0.5) is 5.69 Å². The molecule has 4 nitrogen and oxygen atoms in total. The van der Waals surface area contributed by atoms with Crippen molar-refractivity contribution in [3.05, 3.63) is 46.4 Å². The molecule has 2 aromatic rings. The van der Waals surface area contributed by atoms with Gasteiger partial charge in [0.2, 0.25) is 5.91 Å². The topological polar surface area (TPSA) is 45.2 Å². The molecular weight excluding hydrogens is 270 g/mol. The van der Waals surface area contributed by atoms with Gasteiger partial charge >= 0.3 is 0 Å². The number of anilines is 1. The van der Waals surface area contributed by atoms with E-state index in [1.54, 1.807) is 11.3 Å². The Morgan fingerprint density at radius 3 is 2.90 bits per heavy atom. The zero-order chi connectivity index (χ0) is 13.9. The minimum absolute atomic E-state index is 0.183. The molecule has 0 radical (unpaired) electrons. The third-order valence-corrected chi connectivity index (χ3v) is 4.25. The second-order valence-corrected chi connectivity index (χ2v) is 6.04. The molecular formula is C15H17N3OS. The van der Waals surface area contributed by atoms with Gasteiger partial charge in [0.1, 0.15) is 0 Å². The Balaban J connectivity index is 1.59. The number of nitrogens with zero attached hydrogens (tertiary/aromatic N) is 2. The van der Waals surface area contributed by atoms with Gasteiger partial charge in [0.05, 0.1) is 10.7 Å². The number of hydrogen-bond donors (Lipinski definition) is 1. The lowest BCUT2D eigenvalue weighted by atomic mass is 10.2. The van der Waals surface area contributed by atoms with Gasteiger partial charge in [-0.15, -0.1) is 11.3 Å². The van der Waals surface area contributed by atoms with Crippen molar-refractivity contribution in [2.45, 2.75) is 25.9 Å². The minimum atomic E-state index is 0.183. The molecule has 1 fully saturated rings. The van der Waals surface area contributed by atoms with Crippen molar-refractivity contribution in [3.8, 4) is 0 Å². The molecule has 20 heavy (non-hydrogen) atoms. The fourth-order valence-corrected chi connectivity index (χ4v) is 3.05. The SMILES string of the molecule is Cc1nc(CN[C@H]2CC(=O)N(c3ccccc3)C2)cs1. The highest BCUT2D eigenvalue weighted by molar-refractivity contribution is 7.09. The van der Waals surface area contributed by atoms with E-state index in [-0.39, 0.29) is 11.9 Å². The van der Waals surface area contributed by atoms with E-state index >= 15 is 0 Å². The largest absolute Gasteiger partial charge is 0.311 e. The van der Waals surface area contributed by atoms with E-state index in [0.717, 1.165) is 29.5 Å². The number of carbonyl (C=O) groups excluding carboxylic acids is 1. The molecule has 0 bridgehead atoms. The third-order valence-electron chi connectivity index (χ3n) is 3.43. The quantitative estimate of drug-likeness (QED) is 0.939. The average Bonchev–Trinajstić information content (AvgIpc) is 3.03. The van der Waals surface area contributed by atoms with Crippen LogP contribution in [0.15, 0.2) is 35.7 Å². The second kappa shape index (κ2) is 5.73. The fraction of sp³-hybridized carbons (Fsp3) is 0.333. The number of aryl methyl sites for hydroxylation is 1. The zero-order valence-electron chi connectivity index (χ0n) is 11.4. The number of benzene rings is 1. The highest BCUT2D eigenvalue weighted by Gasteiger charge is 2.30. The number of hydrogen-bond acceptors (Lipinski definition) is 4. The maximum absolute atomic E-state index is 12.1. The molecule has 2 heterocycles. The average molecular weight is 287 g/mol. The van der Waals surface area contributed by atoms with Crippen molar-refractivity contribution < 1.29 is 4.79 Å². The lowest BCUT2D eigenvalue weighted by molar-refractivity contribution is -0.117. The monoisotopic (exact) mass is 287 g/mol. The summed E-state index contributed by atoms with van der Waals surface area (Å²) in [5.74, 6) is 0.183. The van der Waals surface area contributed by atoms with Crippen LogP contribution >= 0.6 is 11.3 Å². The molecule has 5 heteroatoms. The predicted molar refractivity (Wildman–Crippen MR) is 80.9 cm³/mol. The highest BCUT2D eigenvalue weighted by atomic mass is 32.1. The van der Waals surface area contributed by atoms with Crippen LogP contribution in [-0.2, 0) is 11.3 Å². The van der Waals surface area contributed by atoms with Gasteiger partial charge in [-0.05, 0) is 19.1 Å². The fourth-order valence-electron chi connectivity index (χ4n) is 2.44. The number of nitrogens with one attached hydrogen (secondary N) is 1. The van der Waals surface area contributed by atoms with Gasteiger partial charge in [0, 0.05) is 36.6 Å². The van der Waals surface area contributed by atoms with Crippen molar-refractivity contribution in [2.75, 3.05) is 11.4 Å². The van der Waals surface area contributed by atoms with Gasteiger partial charge in [0.25, 0.3) is 0 Å². The number of amides is 1. The first-order valence-electron chi connectivity index (χ1n) is 6.72. The van der Waals surface area contributed by atoms with Gasteiger partial charge in [-0.25, -0.2) is 4.98 Å². The summed E-state index contributed by atoms with van der Waals surface area (Å²) in [6, 6.07) is 10.0. The number of rotatable bonds is 4. The Hall–Kier alpha value is -1.72. The molecule has 1 atom stereocenters. The molecule has 0 aliphatic carbocycles. The highest BCUT2D eigenvalue weighted by Crippen LogP contribution is 2.21. The van der Waals surface area contributed by atoms with Crippen LogP contribution in [0.5, 0.6) is 0 Å². The first-order chi connectivity index (χ1) is 9.72. The Morgan fingerprint density at radius 1 is 1.40 bits per heavy atom. The van der Waals surface area contributed by atoms with Crippen molar-refractivity contribution in [1.29, 1.82) is 0 Å². The van der Waals surface area contributed by atoms with E-state index in [0.29, 0.717) is 6.42 Å². The second-order valence-electron chi connectivity index (χ2n) is 4.98. The van der Waals surface area contributed by atoms with Gasteiger partial charge in [-0.3, -0.25) is 4.79 Å². The number of thiazole rings is 1. The van der Waals surface area contributed by atoms with Crippen LogP contribution in [0.3, 0.4) is 0 Å². The molecule has 1 aliphatic rings. The summed E-state index contributed by atoms with van der Waals surface area (Å²) in [4.78, 5) is 18.3. The molecule has 3 rings (SSSR count). The molecule has 0 unspecified atom stereocenters. The summed E-state index contributed by atoms with van der Waals surface area (Å²) in [6.45, 7) is 3.46. The smallest absolute Gasteiger partial charge is 0.228 e. The van der Waals surface area contributed by atoms with E-state index < -0.39 is 0 Å². The van der Waals surface area contributed by atoms with Crippen molar-refractivity contribution in [2.24, 2.45) is 0 Å². The summed E-state index contributed by atoms with van der Waals surface area (Å²) in [5.41, 5.74) is 2.03. The molecule has 1 N–H and O–H groups in total. The van der Waals surface area contributed by atoms with Gasteiger partial charge in [0.15, 0.2) is 0 Å². The first kappa shape index (κ1) is 13.3. The molecule has 0 spiro atoms. The standard InChI is InChI=1S/C15H17N3OS/c1-11-17-13(10-20-11)8-16-12-7-15(19)18(9-12)14-5-3-2-4-6-14/h2-6,10,12,16H,7-9H2,1H3/t12-/m0/s1. The summed E-state index contributed by atoms with van der Waals surface area (Å²) in [5, 5.41) is 6.57. The molecule has 0 saturated carbocycles. The normalized spacial score (nSPS) is 18.8. The molecule has 1 aliphatic heterocycles. The van der Waals surface area contributed by atoms with Crippen LogP contribution in [0.1, 0.15) is 17.1 Å². The van der Waals surface area contributed by atoms with Crippen molar-refractivity contribution in [3.63, 3.8) is 0 Å². The van der Waals surface area contributed by atoms with Gasteiger partial charge < -0.3 is 10.2 Å². The Morgan fingerprint density at radius 2 is 2.20 bits per heavy atom. The van der Waals surface area contributed by atoms with E-state index in [4.69, 9.17) is 0 Å². The van der Waals surface area contributed by atoms with Gasteiger partial charge in [-0.2, -0.15) is 0 Å². The number of carbonyl (C=O) groups is 1. The number of para-hydroxylation sites is 1. The van der Waals surface area contributed by atoms with Crippen LogP contribution in [0.2, 0.25) is 0 Å². The Bertz CT molecular complexity index is 596. The predicted octanol–water partition coefficient (Wildman–Crippen LogP) is 2.35. The van der Waals surface area contributed by atoms with Crippen LogP contribution in [0.25, 0.3) is 0 Å². The van der Waals surface area contributed by atoms with E-state index in [1.165, 1.54) is 0 Å². The van der Waals surface area contributed by atoms with Crippen molar-refractivity contribution in [1.82, 2.24) is 10.3 Å². The van der Waals surface area contributed by atoms with Crippen LogP contribution in [-0.4, -0.2) is 23.5 Å². The molecule has 1 aromatic heterocycles. The lowest BCUT2D eigenvalue weighted by Gasteiger charge is -2.16. The third kappa shape index (κ3) is 2.89. The van der Waals surface area contributed by atoms with E-state index in [9.17, 15) is 4.79 Å². The molecule has 1 aromatic carbocycles. The maximum atomic E-state index is 12.1. The van der Waals surface area contributed by atoms with Gasteiger partial charge in [-0.1, -0.05) is 18.2 Å². The van der Waals surface area contributed by atoms with Crippen LogP contribution < -0.4 is 10.2 Å². The zero-order valence-corrected chi connectivity index (χ0v) is 12.2. The summed E-state index contributed by atoms with van der Waals surface area (Å²) in [7, 11) is 0. The van der Waals surface area contributed by atoms with Crippen LogP contribution in [0, 0.1) is 6.92 Å². The minimum Gasteiger partial charge on any atom is -0.311 e. The molecule has 104 valence electrons. The Kier molecular flexibility index (Phi) is 3.80. The van der Waals surface area contributed by atoms with E-state index in [2.05, 4.69) is 15.7 Å². The summed E-state index contributed by atoms with van der Waals surface area (Å²) < 4.78 is 0. The Labute approximate surface area is 122 Å². The summed E-state index contributed by atoms with van der Waals surface area (Å²) >= 11 is 1.66. The molecule has 1 saturated heterocycles.